The Labute approximate surface area is 69.3 Å². The predicted molar refractivity (Wildman–Crippen MR) is 47.8 cm³/mol. The first-order valence-electron chi connectivity index (χ1n) is 3.27. The molecule has 1 rings (SSSR count). The maximum absolute atomic E-state index is 10.4. The molecular formula is C8H9NOS. The van der Waals surface area contributed by atoms with E-state index in [1.807, 2.05) is 23.6 Å². The summed E-state index contributed by atoms with van der Waals surface area (Å²) in [5.74, 6) is 0. The molecule has 0 bridgehead atoms. The number of hydrogen-bond acceptors (Lipinski definition) is 3. The van der Waals surface area contributed by atoms with E-state index < -0.39 is 0 Å². The van der Waals surface area contributed by atoms with Gasteiger partial charge >= 0.3 is 0 Å². The van der Waals surface area contributed by atoms with Gasteiger partial charge in [0.25, 0.3) is 0 Å². The first kappa shape index (κ1) is 8.17. The summed E-state index contributed by atoms with van der Waals surface area (Å²) in [6.45, 7) is 0.508. The van der Waals surface area contributed by atoms with Gasteiger partial charge in [-0.15, -0.1) is 11.3 Å². The summed E-state index contributed by atoms with van der Waals surface area (Å²) < 4.78 is 0. The second-order valence-electron chi connectivity index (χ2n) is 2.00. The first-order chi connectivity index (χ1) is 5.38. The summed E-state index contributed by atoms with van der Waals surface area (Å²) in [5, 5.41) is 1.89. The van der Waals surface area contributed by atoms with Gasteiger partial charge in [-0.2, -0.15) is 0 Å². The molecule has 0 aliphatic rings. The highest BCUT2D eigenvalue weighted by Crippen LogP contribution is 2.15. The Morgan fingerprint density at radius 3 is 3.09 bits per heavy atom. The molecule has 0 aromatic carbocycles. The van der Waals surface area contributed by atoms with Gasteiger partial charge in [0.05, 0.1) is 4.88 Å². The van der Waals surface area contributed by atoms with Crippen molar-refractivity contribution in [3.8, 4) is 0 Å². The van der Waals surface area contributed by atoms with Crippen LogP contribution in [0.5, 0.6) is 0 Å². The lowest BCUT2D eigenvalue weighted by Crippen LogP contribution is -1.91. The van der Waals surface area contributed by atoms with E-state index in [1.165, 1.54) is 11.3 Å². The molecule has 1 aromatic rings. The van der Waals surface area contributed by atoms with Gasteiger partial charge in [0.1, 0.15) is 0 Å². The zero-order valence-electron chi connectivity index (χ0n) is 5.99. The average molecular weight is 167 g/mol. The smallest absolute Gasteiger partial charge is 0.160 e. The minimum Gasteiger partial charge on any atom is -0.327 e. The lowest BCUT2D eigenvalue weighted by Gasteiger charge is -1.85. The van der Waals surface area contributed by atoms with Crippen molar-refractivity contribution in [2.24, 2.45) is 5.73 Å². The molecular weight excluding hydrogens is 158 g/mol. The van der Waals surface area contributed by atoms with Crippen LogP contribution in [0.2, 0.25) is 0 Å². The number of aldehydes is 1. The van der Waals surface area contributed by atoms with Crippen molar-refractivity contribution in [2.45, 2.75) is 0 Å². The molecule has 1 heterocycles. The van der Waals surface area contributed by atoms with Crippen LogP contribution in [0.1, 0.15) is 15.2 Å². The zero-order chi connectivity index (χ0) is 8.10. The number of hydrogen-bond donors (Lipinski definition) is 1. The second-order valence-corrected chi connectivity index (χ2v) is 2.94. The number of nitrogens with two attached hydrogens (primary N) is 1. The topological polar surface area (TPSA) is 43.1 Å². The lowest BCUT2D eigenvalue weighted by atomic mass is 10.2. The maximum atomic E-state index is 10.4. The van der Waals surface area contributed by atoms with Crippen molar-refractivity contribution < 1.29 is 4.79 Å². The van der Waals surface area contributed by atoms with Crippen LogP contribution < -0.4 is 5.73 Å². The standard InChI is InChI=1S/C8H9NOS/c9-4-1-2-7-3-5-11-8(7)6-10/h1-3,5-6H,4,9H2. The van der Waals surface area contributed by atoms with Crippen molar-refractivity contribution in [3.63, 3.8) is 0 Å². The molecule has 0 saturated heterocycles. The van der Waals surface area contributed by atoms with Gasteiger partial charge in [-0.3, -0.25) is 4.79 Å². The van der Waals surface area contributed by atoms with E-state index >= 15 is 0 Å². The molecule has 0 saturated carbocycles. The summed E-state index contributed by atoms with van der Waals surface area (Å²) in [6.07, 6.45) is 4.55. The molecule has 2 nitrogen and oxygen atoms in total. The molecule has 0 aliphatic carbocycles. The van der Waals surface area contributed by atoms with Gasteiger partial charge in [-0.05, 0) is 17.0 Å². The third-order valence-electron chi connectivity index (χ3n) is 1.27. The molecule has 0 atom stereocenters. The van der Waals surface area contributed by atoms with Crippen LogP contribution in [-0.4, -0.2) is 12.8 Å². The van der Waals surface area contributed by atoms with Gasteiger partial charge in [-0.1, -0.05) is 12.2 Å². The van der Waals surface area contributed by atoms with E-state index in [4.69, 9.17) is 5.73 Å². The zero-order valence-corrected chi connectivity index (χ0v) is 6.80. The van der Waals surface area contributed by atoms with Crippen molar-refractivity contribution >= 4 is 23.7 Å². The van der Waals surface area contributed by atoms with E-state index in [2.05, 4.69) is 0 Å². The quantitative estimate of drug-likeness (QED) is 0.694. The Balaban J connectivity index is 2.84. The Bertz CT molecular complexity index is 265. The lowest BCUT2D eigenvalue weighted by molar-refractivity contribution is 0.112. The van der Waals surface area contributed by atoms with Crippen molar-refractivity contribution in [2.75, 3.05) is 6.54 Å². The van der Waals surface area contributed by atoms with E-state index in [0.29, 0.717) is 6.54 Å². The Morgan fingerprint density at radius 2 is 2.45 bits per heavy atom. The highest BCUT2D eigenvalue weighted by Gasteiger charge is 1.96. The number of carbonyl (C=O) groups excluding carboxylic acids is 1. The van der Waals surface area contributed by atoms with Crippen LogP contribution in [0.3, 0.4) is 0 Å². The summed E-state index contributed by atoms with van der Waals surface area (Å²) in [5.41, 5.74) is 6.22. The Kier molecular flexibility index (Phi) is 3.01. The van der Waals surface area contributed by atoms with Crippen LogP contribution in [0.4, 0.5) is 0 Å². The molecule has 58 valence electrons. The molecule has 0 fully saturated rings. The fraction of sp³-hybridized carbons (Fsp3) is 0.125. The Hall–Kier alpha value is -0.930. The molecule has 2 N–H and O–H groups in total. The monoisotopic (exact) mass is 167 g/mol. The molecule has 0 unspecified atom stereocenters. The normalized spacial score (nSPS) is 10.6. The van der Waals surface area contributed by atoms with E-state index in [-0.39, 0.29) is 0 Å². The van der Waals surface area contributed by atoms with Crippen LogP contribution in [-0.2, 0) is 0 Å². The fourth-order valence-corrected chi connectivity index (χ4v) is 1.45. The third-order valence-corrected chi connectivity index (χ3v) is 2.13. The highest BCUT2D eigenvalue weighted by molar-refractivity contribution is 7.11. The average Bonchev–Trinajstić information content (AvgIpc) is 2.47. The van der Waals surface area contributed by atoms with Gasteiger partial charge in [0.15, 0.2) is 6.29 Å². The second kappa shape index (κ2) is 4.05. The molecule has 0 aliphatic heterocycles. The minimum atomic E-state index is 0.508. The van der Waals surface area contributed by atoms with E-state index in [9.17, 15) is 4.79 Å². The minimum absolute atomic E-state index is 0.508. The van der Waals surface area contributed by atoms with Gasteiger partial charge in [0, 0.05) is 6.54 Å². The van der Waals surface area contributed by atoms with Crippen molar-refractivity contribution in [3.05, 3.63) is 28.0 Å². The summed E-state index contributed by atoms with van der Waals surface area (Å²) in [7, 11) is 0. The highest BCUT2D eigenvalue weighted by atomic mass is 32.1. The number of rotatable bonds is 3. The largest absolute Gasteiger partial charge is 0.327 e. The molecule has 11 heavy (non-hydrogen) atoms. The van der Waals surface area contributed by atoms with Gasteiger partial charge in [0.2, 0.25) is 0 Å². The van der Waals surface area contributed by atoms with Crippen molar-refractivity contribution in [1.82, 2.24) is 0 Å². The molecule has 0 amide bonds. The summed E-state index contributed by atoms with van der Waals surface area (Å²) in [4.78, 5) is 11.2. The van der Waals surface area contributed by atoms with Crippen LogP contribution >= 0.6 is 11.3 Å². The van der Waals surface area contributed by atoms with Crippen LogP contribution in [0, 0.1) is 0 Å². The molecule has 0 radical (unpaired) electrons. The summed E-state index contributed by atoms with van der Waals surface area (Å²) in [6, 6.07) is 1.90. The fourth-order valence-electron chi connectivity index (χ4n) is 0.759. The Morgan fingerprint density at radius 1 is 1.64 bits per heavy atom. The molecule has 0 spiro atoms. The third kappa shape index (κ3) is 2.00. The maximum Gasteiger partial charge on any atom is 0.160 e. The predicted octanol–water partition coefficient (Wildman–Crippen LogP) is 1.53. The number of thiophene rings is 1. The van der Waals surface area contributed by atoms with Crippen molar-refractivity contribution in [1.29, 1.82) is 0 Å². The first-order valence-corrected chi connectivity index (χ1v) is 4.15. The SMILES string of the molecule is NCC=Cc1ccsc1C=O. The van der Waals surface area contributed by atoms with E-state index in [0.717, 1.165) is 16.7 Å². The molecule has 1 aromatic heterocycles. The van der Waals surface area contributed by atoms with E-state index in [1.54, 1.807) is 0 Å². The molecule has 3 heteroatoms. The van der Waals surface area contributed by atoms with Crippen LogP contribution in [0.15, 0.2) is 17.5 Å². The number of carbonyl (C=O) groups is 1. The van der Waals surface area contributed by atoms with Gasteiger partial charge < -0.3 is 5.73 Å². The summed E-state index contributed by atoms with van der Waals surface area (Å²) >= 11 is 1.44. The van der Waals surface area contributed by atoms with Crippen LogP contribution in [0.25, 0.3) is 6.08 Å². The van der Waals surface area contributed by atoms with Gasteiger partial charge in [-0.25, -0.2) is 0 Å².